The third kappa shape index (κ3) is 5.14. The molecule has 0 unspecified atom stereocenters. The highest BCUT2D eigenvalue weighted by Gasteiger charge is 2.28. The van der Waals surface area contributed by atoms with Gasteiger partial charge in [0.25, 0.3) is 5.91 Å². The lowest BCUT2D eigenvalue weighted by Gasteiger charge is -2.31. The molecule has 4 rings (SSSR count). The van der Waals surface area contributed by atoms with Crippen molar-refractivity contribution < 1.29 is 9.59 Å². The van der Waals surface area contributed by atoms with Crippen LogP contribution in [0.15, 0.2) is 60.7 Å². The first kappa shape index (κ1) is 21.1. The van der Waals surface area contributed by atoms with E-state index in [4.69, 9.17) is 11.6 Å². The molecule has 1 aliphatic heterocycles. The van der Waals surface area contributed by atoms with Crippen LogP contribution in [0.4, 0.5) is 5.82 Å². The van der Waals surface area contributed by atoms with Gasteiger partial charge in [0.15, 0.2) is 0 Å². The summed E-state index contributed by atoms with van der Waals surface area (Å²) in [6.45, 7) is 3.63. The number of halogens is 1. The molecular weight excluding hydrogens is 412 g/mol. The van der Waals surface area contributed by atoms with Crippen LogP contribution in [-0.4, -0.2) is 39.6 Å². The fourth-order valence-corrected chi connectivity index (χ4v) is 4.00. The summed E-state index contributed by atoms with van der Waals surface area (Å²) >= 11 is 5.90. The Hall–Kier alpha value is -3.12. The molecule has 2 amide bonds. The van der Waals surface area contributed by atoms with Crippen molar-refractivity contribution in [1.82, 2.24) is 14.7 Å². The van der Waals surface area contributed by atoms with E-state index in [1.165, 1.54) is 0 Å². The van der Waals surface area contributed by atoms with Gasteiger partial charge < -0.3 is 10.2 Å². The molecule has 1 fully saturated rings. The highest BCUT2D eigenvalue weighted by molar-refractivity contribution is 6.30. The topological polar surface area (TPSA) is 67.2 Å². The Morgan fingerprint density at radius 1 is 1.06 bits per heavy atom. The number of hydrogen-bond acceptors (Lipinski definition) is 3. The van der Waals surface area contributed by atoms with E-state index in [2.05, 4.69) is 10.4 Å². The van der Waals surface area contributed by atoms with Crippen molar-refractivity contribution in [2.45, 2.75) is 26.3 Å². The van der Waals surface area contributed by atoms with Gasteiger partial charge in [0, 0.05) is 35.7 Å². The second kappa shape index (κ2) is 9.35. The zero-order chi connectivity index (χ0) is 21.8. The van der Waals surface area contributed by atoms with Crippen molar-refractivity contribution in [2.24, 2.45) is 5.92 Å². The Balaban J connectivity index is 1.35. The summed E-state index contributed by atoms with van der Waals surface area (Å²) in [5, 5.41) is 8.17. The summed E-state index contributed by atoms with van der Waals surface area (Å²) < 4.78 is 1.82. The summed E-state index contributed by atoms with van der Waals surface area (Å²) in [4.78, 5) is 27.4. The van der Waals surface area contributed by atoms with E-state index in [-0.39, 0.29) is 17.7 Å². The van der Waals surface area contributed by atoms with Crippen LogP contribution in [0.2, 0.25) is 5.02 Å². The van der Waals surface area contributed by atoms with E-state index >= 15 is 0 Å². The van der Waals surface area contributed by atoms with Crippen LogP contribution in [0.1, 0.15) is 34.5 Å². The molecule has 1 saturated heterocycles. The van der Waals surface area contributed by atoms with Gasteiger partial charge >= 0.3 is 0 Å². The van der Waals surface area contributed by atoms with Gasteiger partial charge in [0.1, 0.15) is 5.82 Å². The standard InChI is InChI=1S/C24H25ClN4O2/c1-17-15-22(29(27-17)16-18-5-3-2-4-6-18)26-23(30)19-11-13-28(14-12-19)24(31)20-7-9-21(25)10-8-20/h2-10,15,19H,11-14,16H2,1H3,(H,26,30). The number of nitrogens with one attached hydrogen (secondary N) is 1. The lowest BCUT2D eigenvalue weighted by Crippen LogP contribution is -2.41. The molecule has 0 spiro atoms. The molecule has 6 nitrogen and oxygen atoms in total. The smallest absolute Gasteiger partial charge is 0.253 e. The van der Waals surface area contributed by atoms with Crippen LogP contribution in [-0.2, 0) is 11.3 Å². The Bertz CT molecular complexity index is 1050. The Labute approximate surface area is 186 Å². The van der Waals surface area contributed by atoms with Crippen LogP contribution >= 0.6 is 11.6 Å². The number of aromatic nitrogens is 2. The normalized spacial score (nSPS) is 14.5. The molecule has 0 bridgehead atoms. The number of benzene rings is 2. The average molecular weight is 437 g/mol. The van der Waals surface area contributed by atoms with Gasteiger partial charge in [0.05, 0.1) is 12.2 Å². The molecule has 31 heavy (non-hydrogen) atoms. The molecule has 0 atom stereocenters. The number of amides is 2. The Kier molecular flexibility index (Phi) is 6.37. The number of nitrogens with zero attached hydrogens (tertiary/aromatic N) is 3. The molecule has 2 heterocycles. The predicted octanol–water partition coefficient (Wildman–Crippen LogP) is 4.38. The molecular formula is C24H25ClN4O2. The second-order valence-corrected chi connectivity index (χ2v) is 8.31. The van der Waals surface area contributed by atoms with Gasteiger partial charge in [0.2, 0.25) is 5.91 Å². The zero-order valence-corrected chi connectivity index (χ0v) is 18.2. The monoisotopic (exact) mass is 436 g/mol. The fourth-order valence-electron chi connectivity index (χ4n) is 3.87. The first-order valence-electron chi connectivity index (χ1n) is 10.4. The summed E-state index contributed by atoms with van der Waals surface area (Å²) in [5.41, 5.74) is 2.59. The van der Waals surface area contributed by atoms with Crippen molar-refractivity contribution in [3.8, 4) is 0 Å². The number of rotatable bonds is 5. The van der Waals surface area contributed by atoms with Gasteiger partial charge in [-0.3, -0.25) is 9.59 Å². The molecule has 2 aromatic carbocycles. The van der Waals surface area contributed by atoms with Crippen molar-refractivity contribution in [1.29, 1.82) is 0 Å². The first-order valence-corrected chi connectivity index (χ1v) is 10.8. The van der Waals surface area contributed by atoms with Gasteiger partial charge in [-0.2, -0.15) is 5.10 Å². The number of carbonyl (C=O) groups excluding carboxylic acids is 2. The molecule has 0 saturated carbocycles. The number of hydrogen-bond donors (Lipinski definition) is 1. The summed E-state index contributed by atoms with van der Waals surface area (Å²) in [6.07, 6.45) is 1.27. The van der Waals surface area contributed by atoms with E-state index in [0.717, 1.165) is 11.3 Å². The molecule has 1 N–H and O–H groups in total. The van der Waals surface area contributed by atoms with E-state index in [9.17, 15) is 9.59 Å². The number of piperidine rings is 1. The fraction of sp³-hybridized carbons (Fsp3) is 0.292. The molecule has 160 valence electrons. The van der Waals surface area contributed by atoms with E-state index in [1.54, 1.807) is 29.2 Å². The van der Waals surface area contributed by atoms with Crippen molar-refractivity contribution >= 4 is 29.2 Å². The Morgan fingerprint density at radius 3 is 2.42 bits per heavy atom. The molecule has 0 aliphatic carbocycles. The van der Waals surface area contributed by atoms with Gasteiger partial charge in [-0.15, -0.1) is 0 Å². The van der Waals surface area contributed by atoms with Crippen LogP contribution in [0.5, 0.6) is 0 Å². The van der Waals surface area contributed by atoms with Crippen molar-refractivity contribution in [3.63, 3.8) is 0 Å². The minimum absolute atomic E-state index is 0.0206. The van der Waals surface area contributed by atoms with Crippen molar-refractivity contribution in [3.05, 3.63) is 82.5 Å². The number of aryl methyl sites for hydroxylation is 1. The highest BCUT2D eigenvalue weighted by Crippen LogP contribution is 2.22. The molecule has 1 aromatic heterocycles. The zero-order valence-electron chi connectivity index (χ0n) is 17.4. The molecule has 3 aromatic rings. The van der Waals surface area contributed by atoms with Gasteiger partial charge in [-0.05, 0) is 49.6 Å². The van der Waals surface area contributed by atoms with E-state index in [1.807, 2.05) is 48.0 Å². The molecule has 0 radical (unpaired) electrons. The molecule has 7 heteroatoms. The van der Waals surface area contributed by atoms with Crippen LogP contribution in [0.25, 0.3) is 0 Å². The Morgan fingerprint density at radius 2 is 1.74 bits per heavy atom. The quantitative estimate of drug-likeness (QED) is 0.645. The highest BCUT2D eigenvalue weighted by atomic mass is 35.5. The largest absolute Gasteiger partial charge is 0.339 e. The summed E-state index contributed by atoms with van der Waals surface area (Å²) in [5.74, 6) is 0.528. The van der Waals surface area contributed by atoms with E-state index in [0.29, 0.717) is 48.9 Å². The second-order valence-electron chi connectivity index (χ2n) is 7.88. The first-order chi connectivity index (χ1) is 15.0. The van der Waals surface area contributed by atoms with E-state index < -0.39 is 0 Å². The summed E-state index contributed by atoms with van der Waals surface area (Å²) in [6, 6.07) is 18.8. The molecule has 1 aliphatic rings. The van der Waals surface area contributed by atoms with Crippen LogP contribution in [0, 0.1) is 12.8 Å². The predicted molar refractivity (Wildman–Crippen MR) is 121 cm³/mol. The number of carbonyl (C=O) groups is 2. The maximum absolute atomic E-state index is 12.9. The van der Waals surface area contributed by atoms with Crippen LogP contribution < -0.4 is 5.32 Å². The SMILES string of the molecule is Cc1cc(NC(=O)C2CCN(C(=O)c3ccc(Cl)cc3)CC2)n(Cc2ccccc2)n1. The third-order valence-corrected chi connectivity index (χ3v) is 5.82. The average Bonchev–Trinajstić information content (AvgIpc) is 3.13. The number of anilines is 1. The minimum atomic E-state index is -0.130. The van der Waals surface area contributed by atoms with Gasteiger partial charge in [-0.25, -0.2) is 4.68 Å². The maximum Gasteiger partial charge on any atom is 0.253 e. The third-order valence-electron chi connectivity index (χ3n) is 5.57. The van der Waals surface area contributed by atoms with Gasteiger partial charge in [-0.1, -0.05) is 41.9 Å². The van der Waals surface area contributed by atoms with Crippen molar-refractivity contribution in [2.75, 3.05) is 18.4 Å². The number of likely N-dealkylation sites (tertiary alicyclic amines) is 1. The van der Waals surface area contributed by atoms with Crippen LogP contribution in [0.3, 0.4) is 0 Å². The lowest BCUT2D eigenvalue weighted by atomic mass is 9.95. The maximum atomic E-state index is 12.9. The summed E-state index contributed by atoms with van der Waals surface area (Å²) in [7, 11) is 0. The lowest BCUT2D eigenvalue weighted by molar-refractivity contribution is -0.121. The minimum Gasteiger partial charge on any atom is -0.339 e.